The molecule has 4 aromatic rings. The summed E-state index contributed by atoms with van der Waals surface area (Å²) in [5.41, 5.74) is 5.00. The first-order valence-electron chi connectivity index (χ1n) is 9.97. The average molecular weight is 431 g/mol. The lowest BCUT2D eigenvalue weighted by Crippen LogP contribution is -2.13. The van der Waals surface area contributed by atoms with Crippen LogP contribution in [0.4, 0.5) is 5.69 Å². The minimum Gasteiger partial charge on any atom is -0.462 e. The van der Waals surface area contributed by atoms with E-state index < -0.39 is 5.97 Å². The molecule has 5 nitrogen and oxygen atoms in total. The molecule has 0 bridgehead atoms. The third-order valence-corrected chi connectivity index (χ3v) is 5.80. The third kappa shape index (κ3) is 4.44. The van der Waals surface area contributed by atoms with Crippen LogP contribution in [0.5, 0.6) is 0 Å². The molecular weight excluding hydrogens is 408 g/mol. The fourth-order valence-electron chi connectivity index (χ4n) is 3.32. The molecule has 4 rings (SSSR count). The van der Waals surface area contributed by atoms with Crippen molar-refractivity contribution in [2.24, 2.45) is 0 Å². The first-order chi connectivity index (χ1) is 15.1. The minimum atomic E-state index is -0.413. The van der Waals surface area contributed by atoms with Gasteiger partial charge in [0.25, 0.3) is 5.91 Å². The zero-order valence-corrected chi connectivity index (χ0v) is 18.1. The number of hydrogen-bond acceptors (Lipinski definition) is 4. The van der Waals surface area contributed by atoms with Gasteiger partial charge in [-0.25, -0.2) is 4.79 Å². The van der Waals surface area contributed by atoms with Gasteiger partial charge in [-0.3, -0.25) is 4.79 Å². The molecule has 2 aromatic carbocycles. The Labute approximate surface area is 184 Å². The molecule has 2 aromatic heterocycles. The van der Waals surface area contributed by atoms with Gasteiger partial charge in [0.1, 0.15) is 4.88 Å². The summed E-state index contributed by atoms with van der Waals surface area (Å²) >= 11 is 1.39. The number of anilines is 1. The molecule has 0 atom stereocenters. The Kier molecular flexibility index (Phi) is 6.00. The summed E-state index contributed by atoms with van der Waals surface area (Å²) in [5, 5.41) is 4.93. The number of nitrogens with one attached hydrogen (secondary N) is 1. The maximum atomic E-state index is 13.2. The molecule has 0 aliphatic rings. The number of carbonyl (C=O) groups is 2. The van der Waals surface area contributed by atoms with E-state index in [1.54, 1.807) is 31.2 Å². The molecule has 0 aliphatic heterocycles. The standard InChI is InChI=1S/C25H22N2O3S/c1-3-30-25(29)19-7-6-8-20(15-19)26-24(28)23-22(27-13-4-5-14-27)21(16-31-23)18-11-9-17(2)10-12-18/h4-16H,3H2,1-2H3,(H,26,28). The van der Waals surface area contributed by atoms with E-state index in [1.165, 1.54) is 16.9 Å². The lowest BCUT2D eigenvalue weighted by atomic mass is 10.0. The topological polar surface area (TPSA) is 60.3 Å². The maximum absolute atomic E-state index is 13.2. The van der Waals surface area contributed by atoms with Gasteiger partial charge >= 0.3 is 5.97 Å². The van der Waals surface area contributed by atoms with Gasteiger partial charge in [-0.1, -0.05) is 35.9 Å². The van der Waals surface area contributed by atoms with Gasteiger partial charge in [0.05, 0.1) is 17.9 Å². The Morgan fingerprint density at radius 1 is 1.03 bits per heavy atom. The second-order valence-electron chi connectivity index (χ2n) is 7.04. The summed E-state index contributed by atoms with van der Waals surface area (Å²) in [6.45, 7) is 4.11. The molecule has 0 radical (unpaired) electrons. The third-order valence-electron chi connectivity index (χ3n) is 4.83. The number of thiophene rings is 1. The number of rotatable bonds is 6. The van der Waals surface area contributed by atoms with Crippen molar-refractivity contribution >= 4 is 28.9 Å². The van der Waals surface area contributed by atoms with E-state index in [1.807, 2.05) is 41.4 Å². The van der Waals surface area contributed by atoms with E-state index in [0.29, 0.717) is 22.7 Å². The van der Waals surface area contributed by atoms with E-state index in [-0.39, 0.29) is 5.91 Å². The molecule has 6 heteroatoms. The van der Waals surface area contributed by atoms with Crippen LogP contribution < -0.4 is 5.32 Å². The predicted octanol–water partition coefficient (Wildman–Crippen LogP) is 5.94. The van der Waals surface area contributed by atoms with Crippen molar-refractivity contribution in [3.63, 3.8) is 0 Å². The molecule has 0 saturated carbocycles. The first-order valence-corrected chi connectivity index (χ1v) is 10.8. The van der Waals surface area contributed by atoms with Crippen molar-refractivity contribution in [2.75, 3.05) is 11.9 Å². The van der Waals surface area contributed by atoms with Crippen LogP contribution in [0, 0.1) is 6.92 Å². The van der Waals surface area contributed by atoms with E-state index in [4.69, 9.17) is 4.74 Å². The number of nitrogens with zero attached hydrogens (tertiary/aromatic N) is 1. The van der Waals surface area contributed by atoms with Crippen LogP contribution in [-0.2, 0) is 4.74 Å². The van der Waals surface area contributed by atoms with Crippen molar-refractivity contribution in [3.05, 3.63) is 94.4 Å². The second kappa shape index (κ2) is 9.02. The molecule has 31 heavy (non-hydrogen) atoms. The van der Waals surface area contributed by atoms with E-state index in [2.05, 4.69) is 29.6 Å². The second-order valence-corrected chi connectivity index (χ2v) is 7.92. The Morgan fingerprint density at radius 3 is 2.48 bits per heavy atom. The van der Waals surface area contributed by atoms with Crippen LogP contribution in [0.1, 0.15) is 32.5 Å². The van der Waals surface area contributed by atoms with Crippen LogP contribution in [0.25, 0.3) is 16.8 Å². The molecule has 0 fully saturated rings. The summed E-state index contributed by atoms with van der Waals surface area (Å²) < 4.78 is 7.00. The smallest absolute Gasteiger partial charge is 0.338 e. The van der Waals surface area contributed by atoms with E-state index >= 15 is 0 Å². The molecule has 156 valence electrons. The number of esters is 1. The number of hydrogen-bond donors (Lipinski definition) is 1. The number of amides is 1. The fourth-order valence-corrected chi connectivity index (χ4v) is 4.29. The van der Waals surface area contributed by atoms with Gasteiger partial charge < -0.3 is 14.6 Å². The van der Waals surface area contributed by atoms with Crippen LogP contribution >= 0.6 is 11.3 Å². The Hall–Kier alpha value is -3.64. The van der Waals surface area contributed by atoms with Crippen molar-refractivity contribution in [2.45, 2.75) is 13.8 Å². The summed E-state index contributed by atoms with van der Waals surface area (Å²) in [6, 6.07) is 18.9. The number of aromatic nitrogens is 1. The lowest BCUT2D eigenvalue weighted by Gasteiger charge is -2.11. The molecule has 0 saturated heterocycles. The van der Waals surface area contributed by atoms with Gasteiger partial charge in [0, 0.05) is 29.0 Å². The quantitative estimate of drug-likeness (QED) is 0.385. The molecule has 1 amide bonds. The Morgan fingerprint density at radius 2 is 1.77 bits per heavy atom. The largest absolute Gasteiger partial charge is 0.462 e. The fraction of sp³-hybridized carbons (Fsp3) is 0.120. The number of aryl methyl sites for hydroxylation is 1. The summed E-state index contributed by atoms with van der Waals surface area (Å²) in [7, 11) is 0. The molecule has 1 N–H and O–H groups in total. The highest BCUT2D eigenvalue weighted by atomic mass is 32.1. The highest BCUT2D eigenvalue weighted by Gasteiger charge is 2.21. The van der Waals surface area contributed by atoms with Gasteiger partial charge in [0.2, 0.25) is 0 Å². The van der Waals surface area contributed by atoms with Crippen molar-refractivity contribution in [1.29, 1.82) is 0 Å². The van der Waals surface area contributed by atoms with E-state index in [0.717, 1.165) is 16.8 Å². The van der Waals surface area contributed by atoms with Crippen molar-refractivity contribution in [1.82, 2.24) is 4.57 Å². The van der Waals surface area contributed by atoms with Crippen LogP contribution in [-0.4, -0.2) is 23.1 Å². The molecule has 0 aliphatic carbocycles. The van der Waals surface area contributed by atoms with Crippen LogP contribution in [0.15, 0.2) is 78.4 Å². The van der Waals surface area contributed by atoms with Crippen molar-refractivity contribution in [3.8, 4) is 16.8 Å². The highest BCUT2D eigenvalue weighted by Crippen LogP contribution is 2.35. The molecular formula is C25H22N2O3S. The molecule has 2 heterocycles. The summed E-state index contributed by atoms with van der Waals surface area (Å²) in [6.07, 6.45) is 3.86. The summed E-state index contributed by atoms with van der Waals surface area (Å²) in [4.78, 5) is 25.8. The summed E-state index contributed by atoms with van der Waals surface area (Å²) in [5.74, 6) is -0.641. The van der Waals surface area contributed by atoms with Crippen LogP contribution in [0.3, 0.4) is 0 Å². The zero-order chi connectivity index (χ0) is 21.8. The lowest BCUT2D eigenvalue weighted by molar-refractivity contribution is 0.0526. The Balaban J connectivity index is 1.68. The first kappa shape index (κ1) is 20.6. The van der Waals surface area contributed by atoms with Crippen LogP contribution in [0.2, 0.25) is 0 Å². The Bertz CT molecular complexity index is 1210. The number of carbonyl (C=O) groups excluding carboxylic acids is 2. The predicted molar refractivity (Wildman–Crippen MR) is 124 cm³/mol. The van der Waals surface area contributed by atoms with E-state index in [9.17, 15) is 9.59 Å². The average Bonchev–Trinajstić information content (AvgIpc) is 3.44. The SMILES string of the molecule is CCOC(=O)c1cccc(NC(=O)c2scc(-c3ccc(C)cc3)c2-n2cccc2)c1. The van der Waals surface area contributed by atoms with Gasteiger partial charge in [0.15, 0.2) is 0 Å². The maximum Gasteiger partial charge on any atom is 0.338 e. The number of ether oxygens (including phenoxy) is 1. The highest BCUT2D eigenvalue weighted by molar-refractivity contribution is 7.13. The van der Waals surface area contributed by atoms with Gasteiger partial charge in [-0.05, 0) is 49.7 Å². The number of benzene rings is 2. The minimum absolute atomic E-state index is 0.229. The van der Waals surface area contributed by atoms with Gasteiger partial charge in [-0.2, -0.15) is 0 Å². The normalized spacial score (nSPS) is 10.6. The van der Waals surface area contributed by atoms with Gasteiger partial charge in [-0.15, -0.1) is 11.3 Å². The molecule has 0 unspecified atom stereocenters. The monoisotopic (exact) mass is 430 g/mol. The van der Waals surface area contributed by atoms with Crippen molar-refractivity contribution < 1.29 is 14.3 Å². The molecule has 0 spiro atoms. The zero-order valence-electron chi connectivity index (χ0n) is 17.3.